The van der Waals surface area contributed by atoms with Crippen molar-refractivity contribution < 1.29 is 14.0 Å². The van der Waals surface area contributed by atoms with Gasteiger partial charge in [0.25, 0.3) is 5.91 Å². The van der Waals surface area contributed by atoms with E-state index < -0.39 is 5.91 Å². The number of nitrogens with one attached hydrogen (secondary N) is 2. The maximum atomic E-state index is 11.9. The van der Waals surface area contributed by atoms with Gasteiger partial charge >= 0.3 is 0 Å². The van der Waals surface area contributed by atoms with Crippen LogP contribution in [-0.4, -0.2) is 11.8 Å². The van der Waals surface area contributed by atoms with E-state index in [9.17, 15) is 9.59 Å². The van der Waals surface area contributed by atoms with Crippen LogP contribution in [-0.2, 0) is 11.2 Å². The average molecular weight is 321 g/mol. The molecule has 0 bridgehead atoms. The lowest BCUT2D eigenvalue weighted by atomic mass is 10.1. The lowest BCUT2D eigenvalue weighted by molar-refractivity contribution is -0.121. The summed E-state index contributed by atoms with van der Waals surface area (Å²) in [5.41, 5.74) is 6.14. The largest absolute Gasteiger partial charge is 0.466 e. The fourth-order valence-electron chi connectivity index (χ4n) is 2.06. The van der Waals surface area contributed by atoms with Crippen LogP contribution in [0.3, 0.4) is 0 Å². The molecule has 116 valence electrons. The number of benzene rings is 1. The highest BCUT2D eigenvalue weighted by atomic mass is 35.5. The van der Waals surface area contributed by atoms with Crippen molar-refractivity contribution in [1.29, 1.82) is 0 Å². The smallest absolute Gasteiger partial charge is 0.273 e. The fourth-order valence-corrected chi connectivity index (χ4v) is 2.28. The lowest BCUT2D eigenvalue weighted by Crippen LogP contribution is -2.41. The molecule has 1 aromatic heterocycles. The molecule has 0 unspecified atom stereocenters. The third kappa shape index (κ3) is 4.36. The predicted octanol–water partition coefficient (Wildman–Crippen LogP) is 2.94. The molecule has 0 atom stereocenters. The number of halogens is 1. The minimum Gasteiger partial charge on any atom is -0.466 e. The van der Waals surface area contributed by atoms with Crippen LogP contribution in [0.5, 0.6) is 0 Å². The summed E-state index contributed by atoms with van der Waals surface area (Å²) in [4.78, 5) is 23.6. The number of aryl methyl sites for hydroxylation is 3. The summed E-state index contributed by atoms with van der Waals surface area (Å²) in [5.74, 6) is 0.495. The van der Waals surface area contributed by atoms with E-state index >= 15 is 0 Å². The van der Waals surface area contributed by atoms with Crippen molar-refractivity contribution in [2.75, 3.05) is 0 Å². The zero-order chi connectivity index (χ0) is 16.1. The van der Waals surface area contributed by atoms with Gasteiger partial charge in [-0.25, -0.2) is 0 Å². The fraction of sp³-hybridized carbons (Fsp3) is 0.250. The second-order valence-electron chi connectivity index (χ2n) is 4.96. The zero-order valence-electron chi connectivity index (χ0n) is 12.4. The number of hydrogen-bond acceptors (Lipinski definition) is 3. The van der Waals surface area contributed by atoms with Crippen LogP contribution >= 0.6 is 11.6 Å². The summed E-state index contributed by atoms with van der Waals surface area (Å²) in [6, 6.07) is 8.95. The topological polar surface area (TPSA) is 71.3 Å². The van der Waals surface area contributed by atoms with Crippen LogP contribution in [0, 0.1) is 13.8 Å². The normalized spacial score (nSPS) is 10.3. The molecular weight excluding hydrogens is 304 g/mol. The summed E-state index contributed by atoms with van der Waals surface area (Å²) in [7, 11) is 0. The number of furan rings is 1. The highest BCUT2D eigenvalue weighted by Gasteiger charge is 2.14. The van der Waals surface area contributed by atoms with Crippen molar-refractivity contribution in [3.8, 4) is 0 Å². The molecule has 2 amide bonds. The predicted molar refractivity (Wildman–Crippen MR) is 83.6 cm³/mol. The third-order valence-corrected chi connectivity index (χ3v) is 3.37. The minimum atomic E-state index is -0.398. The van der Waals surface area contributed by atoms with E-state index in [1.807, 2.05) is 18.2 Å². The van der Waals surface area contributed by atoms with Crippen molar-refractivity contribution in [2.24, 2.45) is 0 Å². The average Bonchev–Trinajstić information content (AvgIpc) is 2.81. The number of carbonyl (C=O) groups is 2. The van der Waals surface area contributed by atoms with Crippen molar-refractivity contribution in [1.82, 2.24) is 10.9 Å². The molecule has 2 aromatic rings. The van der Waals surface area contributed by atoms with Crippen LogP contribution in [0.1, 0.15) is 33.9 Å². The Kier molecular flexibility index (Phi) is 5.22. The van der Waals surface area contributed by atoms with E-state index in [1.165, 1.54) is 0 Å². The van der Waals surface area contributed by atoms with Crippen molar-refractivity contribution in [2.45, 2.75) is 26.7 Å². The quantitative estimate of drug-likeness (QED) is 0.851. The summed E-state index contributed by atoms with van der Waals surface area (Å²) >= 11 is 5.88. The Labute approximate surface area is 133 Å². The summed E-state index contributed by atoms with van der Waals surface area (Å²) in [6.07, 6.45) is 0.802. The molecule has 5 nitrogen and oxygen atoms in total. The summed E-state index contributed by atoms with van der Waals surface area (Å²) in [6.45, 7) is 3.45. The van der Waals surface area contributed by atoms with Crippen LogP contribution in [0.2, 0.25) is 5.02 Å². The number of hydrogen-bond donors (Lipinski definition) is 2. The summed E-state index contributed by atoms with van der Waals surface area (Å²) < 4.78 is 5.27. The molecule has 1 heterocycles. The van der Waals surface area contributed by atoms with Crippen LogP contribution in [0.25, 0.3) is 0 Å². The summed E-state index contributed by atoms with van der Waals surface area (Å²) in [5, 5.41) is 0.636. The Hall–Kier alpha value is -2.27. The van der Waals surface area contributed by atoms with Crippen molar-refractivity contribution in [3.63, 3.8) is 0 Å². The van der Waals surface area contributed by atoms with E-state index in [0.717, 1.165) is 5.56 Å². The first-order valence-electron chi connectivity index (χ1n) is 6.86. The molecule has 2 rings (SSSR count). The first kappa shape index (κ1) is 16.1. The number of rotatable bonds is 4. The molecule has 0 fully saturated rings. The van der Waals surface area contributed by atoms with Crippen molar-refractivity contribution in [3.05, 3.63) is 58.0 Å². The maximum Gasteiger partial charge on any atom is 0.273 e. The highest BCUT2D eigenvalue weighted by molar-refractivity contribution is 6.30. The first-order chi connectivity index (χ1) is 10.5. The first-order valence-corrected chi connectivity index (χ1v) is 7.24. The van der Waals surface area contributed by atoms with Gasteiger partial charge in [-0.15, -0.1) is 0 Å². The van der Waals surface area contributed by atoms with E-state index in [-0.39, 0.29) is 12.3 Å². The van der Waals surface area contributed by atoms with Gasteiger partial charge in [-0.2, -0.15) is 0 Å². The standard InChI is InChI=1S/C16H17ClN2O3/c1-10-8-14(11(2)22-10)16(21)19-18-15(20)7-6-12-4-3-5-13(17)9-12/h3-5,8-9H,6-7H2,1-2H3,(H,18,20)(H,19,21). The van der Waals surface area contributed by atoms with Gasteiger partial charge in [-0.3, -0.25) is 20.4 Å². The Bertz CT molecular complexity index is 694. The minimum absolute atomic E-state index is 0.254. The molecule has 0 spiro atoms. The van der Waals surface area contributed by atoms with E-state index in [1.54, 1.807) is 26.0 Å². The van der Waals surface area contributed by atoms with E-state index in [4.69, 9.17) is 16.0 Å². The zero-order valence-corrected chi connectivity index (χ0v) is 13.2. The maximum absolute atomic E-state index is 11.9. The third-order valence-electron chi connectivity index (χ3n) is 3.13. The SMILES string of the molecule is Cc1cc(C(=O)NNC(=O)CCc2cccc(Cl)c2)c(C)o1. The molecule has 0 aliphatic heterocycles. The molecule has 0 aliphatic rings. The van der Waals surface area contributed by atoms with Gasteiger partial charge in [0.15, 0.2) is 0 Å². The number of hydrazine groups is 1. The van der Waals surface area contributed by atoms with E-state index in [2.05, 4.69) is 10.9 Å². The van der Waals surface area contributed by atoms with Crippen molar-refractivity contribution >= 4 is 23.4 Å². The van der Waals surface area contributed by atoms with Gasteiger partial charge in [-0.05, 0) is 44.0 Å². The Balaban J connectivity index is 1.80. The Morgan fingerprint density at radius 1 is 1.18 bits per heavy atom. The molecule has 0 saturated heterocycles. The molecule has 2 N–H and O–H groups in total. The second-order valence-corrected chi connectivity index (χ2v) is 5.40. The van der Waals surface area contributed by atoms with Crippen LogP contribution in [0.4, 0.5) is 0 Å². The van der Waals surface area contributed by atoms with Gasteiger partial charge in [0.1, 0.15) is 11.5 Å². The molecule has 0 aliphatic carbocycles. The van der Waals surface area contributed by atoms with Crippen LogP contribution < -0.4 is 10.9 Å². The number of amides is 2. The van der Waals surface area contributed by atoms with E-state index in [0.29, 0.717) is 28.5 Å². The van der Waals surface area contributed by atoms with Gasteiger partial charge in [0, 0.05) is 11.4 Å². The van der Waals surface area contributed by atoms with Gasteiger partial charge in [0.2, 0.25) is 5.91 Å². The number of carbonyl (C=O) groups excluding carboxylic acids is 2. The second kappa shape index (κ2) is 7.13. The molecule has 1 aromatic carbocycles. The lowest BCUT2D eigenvalue weighted by Gasteiger charge is -2.07. The highest BCUT2D eigenvalue weighted by Crippen LogP contribution is 2.13. The Morgan fingerprint density at radius 2 is 1.95 bits per heavy atom. The van der Waals surface area contributed by atoms with Crippen LogP contribution in [0.15, 0.2) is 34.7 Å². The molecule has 6 heteroatoms. The Morgan fingerprint density at radius 3 is 2.59 bits per heavy atom. The molecule has 22 heavy (non-hydrogen) atoms. The molecule has 0 saturated carbocycles. The molecule has 0 radical (unpaired) electrons. The van der Waals surface area contributed by atoms with Gasteiger partial charge in [0.05, 0.1) is 5.56 Å². The monoisotopic (exact) mass is 320 g/mol. The van der Waals surface area contributed by atoms with Gasteiger partial charge in [-0.1, -0.05) is 23.7 Å². The van der Waals surface area contributed by atoms with Gasteiger partial charge < -0.3 is 4.42 Å². The molecular formula is C16H17ClN2O3.